The molecule has 1 amide bonds. The number of carbonyl (C=O) groups is 1. The summed E-state index contributed by atoms with van der Waals surface area (Å²) in [5, 5.41) is 13.0. The first-order valence-corrected chi connectivity index (χ1v) is 12.7. The van der Waals surface area contributed by atoms with E-state index in [-0.39, 0.29) is 11.8 Å². The van der Waals surface area contributed by atoms with E-state index in [1.165, 1.54) is 15.3 Å². The van der Waals surface area contributed by atoms with Gasteiger partial charge in [-0.2, -0.15) is 5.10 Å². The van der Waals surface area contributed by atoms with Crippen LogP contribution in [0.15, 0.2) is 29.6 Å². The fourth-order valence-corrected chi connectivity index (χ4v) is 6.47. The fourth-order valence-electron chi connectivity index (χ4n) is 4.31. The maximum absolute atomic E-state index is 12.5. The molecule has 7 nitrogen and oxygen atoms in total. The van der Waals surface area contributed by atoms with E-state index in [1.54, 1.807) is 22.6 Å². The summed E-state index contributed by atoms with van der Waals surface area (Å²) < 4.78 is 0. The van der Waals surface area contributed by atoms with Crippen molar-refractivity contribution in [1.29, 1.82) is 0 Å². The number of carbonyl (C=O) groups excluding carboxylic acids is 1. The van der Waals surface area contributed by atoms with Crippen LogP contribution in [-0.4, -0.2) is 50.8 Å². The summed E-state index contributed by atoms with van der Waals surface area (Å²) in [7, 11) is 3.67. The third kappa shape index (κ3) is 3.84. The Labute approximate surface area is 195 Å². The quantitative estimate of drug-likeness (QED) is 0.389. The molecule has 4 aromatic rings. The second kappa shape index (κ2) is 8.71. The lowest BCUT2D eigenvalue weighted by Crippen LogP contribution is -2.32. The smallest absolute Gasteiger partial charge is 0.225 e. The molecule has 166 valence electrons. The van der Waals surface area contributed by atoms with E-state index >= 15 is 0 Å². The van der Waals surface area contributed by atoms with Crippen molar-refractivity contribution in [2.24, 2.45) is 5.92 Å². The second-order valence-corrected chi connectivity index (χ2v) is 10.6. The van der Waals surface area contributed by atoms with E-state index in [4.69, 9.17) is 0 Å². The molecule has 0 spiro atoms. The largest absolute Gasteiger partial charge is 0.349 e. The zero-order chi connectivity index (χ0) is 22.2. The Balaban J connectivity index is 1.53. The van der Waals surface area contributed by atoms with Crippen LogP contribution in [0, 0.1) is 5.92 Å². The van der Waals surface area contributed by atoms with Crippen LogP contribution in [0.5, 0.6) is 0 Å². The molecule has 5 rings (SSSR count). The summed E-state index contributed by atoms with van der Waals surface area (Å²) in [5.41, 5.74) is 3.36. The first-order valence-electron chi connectivity index (χ1n) is 10.9. The Morgan fingerprint density at radius 3 is 3.03 bits per heavy atom. The molecule has 1 aliphatic carbocycles. The maximum Gasteiger partial charge on any atom is 0.225 e. The van der Waals surface area contributed by atoms with Gasteiger partial charge in [-0.3, -0.25) is 9.89 Å². The Hall–Kier alpha value is -2.65. The summed E-state index contributed by atoms with van der Waals surface area (Å²) in [6.07, 6.45) is 7.10. The van der Waals surface area contributed by atoms with Gasteiger partial charge in [-0.25, -0.2) is 9.97 Å². The van der Waals surface area contributed by atoms with E-state index in [1.807, 2.05) is 32.1 Å². The summed E-state index contributed by atoms with van der Waals surface area (Å²) in [4.78, 5) is 26.8. The number of anilines is 2. The number of hydrogen-bond acceptors (Lipinski definition) is 7. The van der Waals surface area contributed by atoms with Gasteiger partial charge < -0.3 is 10.2 Å². The Morgan fingerprint density at radius 1 is 1.34 bits per heavy atom. The van der Waals surface area contributed by atoms with Crippen molar-refractivity contribution < 1.29 is 4.79 Å². The number of aryl methyl sites for hydroxylation is 1. The van der Waals surface area contributed by atoms with Crippen molar-refractivity contribution >= 4 is 61.6 Å². The Bertz CT molecular complexity index is 1290. The lowest BCUT2D eigenvalue weighted by molar-refractivity contribution is -0.133. The molecule has 1 atom stereocenters. The van der Waals surface area contributed by atoms with Crippen LogP contribution in [0.3, 0.4) is 0 Å². The predicted octanol–water partition coefficient (Wildman–Crippen LogP) is 5.01. The molecule has 0 bridgehead atoms. The third-order valence-electron chi connectivity index (χ3n) is 5.89. The lowest BCUT2D eigenvalue weighted by Gasteiger charge is -2.24. The normalized spacial score (nSPS) is 15.8. The number of hydrogen-bond donors (Lipinski definition) is 2. The van der Waals surface area contributed by atoms with Gasteiger partial charge in [0.05, 0.1) is 22.8 Å². The average molecular weight is 467 g/mol. The zero-order valence-corrected chi connectivity index (χ0v) is 20.1. The molecular weight excluding hydrogens is 440 g/mol. The number of amides is 1. The number of nitrogens with one attached hydrogen (secondary N) is 2. The van der Waals surface area contributed by atoms with Crippen molar-refractivity contribution in [2.75, 3.05) is 25.2 Å². The summed E-state index contributed by atoms with van der Waals surface area (Å²) >= 11 is 3.53. The number of aromatic amines is 1. The molecule has 0 saturated heterocycles. The van der Waals surface area contributed by atoms with Crippen LogP contribution < -0.4 is 5.32 Å². The number of benzene rings is 1. The number of rotatable bonds is 6. The highest BCUT2D eigenvalue weighted by Gasteiger charge is 2.30. The Kier molecular flexibility index (Phi) is 5.77. The average Bonchev–Trinajstić information content (AvgIpc) is 3.40. The summed E-state index contributed by atoms with van der Waals surface area (Å²) in [6.45, 7) is 2.19. The van der Waals surface area contributed by atoms with Gasteiger partial charge in [-0.15, -0.1) is 23.1 Å². The minimum absolute atomic E-state index is 0.0514. The summed E-state index contributed by atoms with van der Waals surface area (Å²) in [6, 6.07) is 4.29. The van der Waals surface area contributed by atoms with E-state index in [0.29, 0.717) is 0 Å². The van der Waals surface area contributed by atoms with Crippen LogP contribution in [0.1, 0.15) is 30.2 Å². The van der Waals surface area contributed by atoms with Crippen LogP contribution in [0.4, 0.5) is 11.5 Å². The minimum Gasteiger partial charge on any atom is -0.349 e. The SMILES string of the molecule is CCCSc1cc2[nH]ncc2cc1Nc1ncnc2sc3c(c12)CC[C@H](C(=O)N(C)C)C3. The zero-order valence-electron chi connectivity index (χ0n) is 18.4. The molecule has 3 heterocycles. The highest BCUT2D eigenvalue weighted by atomic mass is 32.2. The molecule has 9 heteroatoms. The van der Waals surface area contributed by atoms with Crippen molar-refractivity contribution in [3.63, 3.8) is 0 Å². The molecule has 32 heavy (non-hydrogen) atoms. The van der Waals surface area contributed by atoms with Gasteiger partial charge in [-0.05, 0) is 49.1 Å². The number of thiophene rings is 1. The molecule has 0 unspecified atom stereocenters. The van der Waals surface area contributed by atoms with E-state index in [2.05, 4.69) is 44.5 Å². The number of nitrogens with zero attached hydrogens (tertiary/aromatic N) is 4. The van der Waals surface area contributed by atoms with Gasteiger partial charge in [0.2, 0.25) is 5.91 Å². The van der Waals surface area contributed by atoms with Gasteiger partial charge in [-0.1, -0.05) is 6.92 Å². The highest BCUT2D eigenvalue weighted by Crippen LogP contribution is 2.42. The van der Waals surface area contributed by atoms with Crippen LogP contribution in [0.25, 0.3) is 21.1 Å². The van der Waals surface area contributed by atoms with E-state index in [0.717, 1.165) is 64.1 Å². The third-order valence-corrected chi connectivity index (χ3v) is 8.31. The minimum atomic E-state index is 0.0514. The molecule has 0 fully saturated rings. The van der Waals surface area contributed by atoms with Gasteiger partial charge in [0.1, 0.15) is 17.0 Å². The number of fused-ring (bicyclic) bond motifs is 4. The summed E-state index contributed by atoms with van der Waals surface area (Å²) in [5.74, 6) is 2.15. The molecule has 1 aromatic carbocycles. The van der Waals surface area contributed by atoms with E-state index < -0.39 is 0 Å². The van der Waals surface area contributed by atoms with Gasteiger partial charge >= 0.3 is 0 Å². The number of thioether (sulfide) groups is 1. The topological polar surface area (TPSA) is 86.8 Å². The maximum atomic E-state index is 12.5. The van der Waals surface area contributed by atoms with Crippen LogP contribution >= 0.6 is 23.1 Å². The molecule has 1 aliphatic rings. The molecule has 2 N–H and O–H groups in total. The Morgan fingerprint density at radius 2 is 2.22 bits per heavy atom. The first kappa shape index (κ1) is 21.2. The second-order valence-electron chi connectivity index (χ2n) is 8.36. The van der Waals surface area contributed by atoms with Gasteiger partial charge in [0.25, 0.3) is 0 Å². The lowest BCUT2D eigenvalue weighted by atomic mass is 9.87. The predicted molar refractivity (Wildman–Crippen MR) is 132 cm³/mol. The highest BCUT2D eigenvalue weighted by molar-refractivity contribution is 7.99. The van der Waals surface area contributed by atoms with Gasteiger partial charge in [0, 0.05) is 35.2 Å². The van der Waals surface area contributed by atoms with Crippen molar-refractivity contribution in [1.82, 2.24) is 25.1 Å². The number of aromatic nitrogens is 4. The van der Waals surface area contributed by atoms with Gasteiger partial charge in [0.15, 0.2) is 0 Å². The molecule has 0 aliphatic heterocycles. The molecular formula is C23H26N6OS2. The fraction of sp³-hybridized carbons (Fsp3) is 0.391. The van der Waals surface area contributed by atoms with Crippen molar-refractivity contribution in [2.45, 2.75) is 37.5 Å². The molecule has 3 aromatic heterocycles. The van der Waals surface area contributed by atoms with Crippen LogP contribution in [-0.2, 0) is 17.6 Å². The van der Waals surface area contributed by atoms with Crippen LogP contribution in [0.2, 0.25) is 0 Å². The van der Waals surface area contributed by atoms with Crippen molar-refractivity contribution in [3.05, 3.63) is 35.1 Å². The van der Waals surface area contributed by atoms with Crippen molar-refractivity contribution in [3.8, 4) is 0 Å². The molecule has 0 saturated carbocycles. The monoisotopic (exact) mass is 466 g/mol. The first-order chi connectivity index (χ1) is 15.5. The standard InChI is InChI=1S/C23H26N6OS2/c1-4-7-31-19-10-16-14(11-26-28-16)8-17(19)27-21-20-15-6-5-13(23(30)29(2)3)9-18(15)32-22(20)25-12-24-21/h8,10-13H,4-7,9H2,1-3H3,(H,26,28)(H,24,25,27)/t13-/m0/s1. The van der Waals surface area contributed by atoms with E-state index in [9.17, 15) is 4.79 Å². The number of H-pyrrole nitrogens is 1. The molecule has 0 radical (unpaired) electrons.